The third-order valence-corrected chi connectivity index (χ3v) is 5.71. The molecule has 1 aliphatic rings. The highest BCUT2D eigenvalue weighted by Gasteiger charge is 2.48. The maximum absolute atomic E-state index is 14.2. The quantitative estimate of drug-likeness (QED) is 0.391. The van der Waals surface area contributed by atoms with E-state index in [0.717, 1.165) is 23.4 Å². The number of anilines is 1. The number of amides is 1. The van der Waals surface area contributed by atoms with Crippen molar-refractivity contribution >= 4 is 23.2 Å². The summed E-state index contributed by atoms with van der Waals surface area (Å²) in [5.41, 5.74) is 3.28. The average Bonchev–Trinajstić information content (AvgIpc) is 2.79. The van der Waals surface area contributed by atoms with E-state index in [2.05, 4.69) is 18.0 Å². The van der Waals surface area contributed by atoms with E-state index in [0.29, 0.717) is 13.0 Å². The van der Waals surface area contributed by atoms with Crippen LogP contribution in [0.4, 0.5) is 10.1 Å². The first kappa shape index (κ1) is 20.4. The number of carbonyl (C=O) groups is 1. The van der Waals surface area contributed by atoms with Gasteiger partial charge in [0.05, 0.1) is 18.3 Å². The molecule has 6 heteroatoms. The Bertz CT molecular complexity index is 1020. The van der Waals surface area contributed by atoms with E-state index in [9.17, 15) is 9.18 Å². The fourth-order valence-electron chi connectivity index (χ4n) is 3.53. The number of nitrogens with zero attached hydrogens (tertiary/aromatic N) is 2. The Balaban J connectivity index is 1.40. The van der Waals surface area contributed by atoms with Crippen LogP contribution >= 0.6 is 11.6 Å². The second-order valence-electron chi connectivity index (χ2n) is 7.19. The van der Waals surface area contributed by atoms with Gasteiger partial charge in [-0.1, -0.05) is 37.3 Å². The Morgan fingerprint density at radius 1 is 1.10 bits per heavy atom. The number of carbonyl (C=O) groups excluding carboxylic acids is 1. The lowest BCUT2D eigenvalue weighted by Gasteiger charge is -2.44. The van der Waals surface area contributed by atoms with E-state index in [1.54, 1.807) is 18.2 Å². The molecule has 0 bridgehead atoms. The summed E-state index contributed by atoms with van der Waals surface area (Å²) in [6, 6.07) is 17.3. The largest absolute Gasteiger partial charge is 0.493 e. The number of β-lactam (4-membered cyclic amide) rings is 1. The lowest BCUT2D eigenvalue weighted by molar-refractivity contribution is -0.123. The molecule has 154 valence electrons. The van der Waals surface area contributed by atoms with Crippen molar-refractivity contribution in [2.24, 2.45) is 0 Å². The van der Waals surface area contributed by atoms with E-state index in [1.807, 2.05) is 36.5 Å². The monoisotopic (exact) mass is 424 g/mol. The summed E-state index contributed by atoms with van der Waals surface area (Å²) in [5, 5.41) is -0.714. The van der Waals surface area contributed by atoms with Gasteiger partial charge in [0.15, 0.2) is 0 Å². The Kier molecular flexibility index (Phi) is 6.00. The molecule has 4 nitrogen and oxygen atoms in total. The lowest BCUT2D eigenvalue weighted by Crippen LogP contribution is -2.56. The van der Waals surface area contributed by atoms with Gasteiger partial charge < -0.3 is 4.74 Å². The van der Waals surface area contributed by atoms with Crippen molar-refractivity contribution in [1.29, 1.82) is 0 Å². The zero-order valence-electron chi connectivity index (χ0n) is 16.6. The van der Waals surface area contributed by atoms with Crippen LogP contribution < -0.4 is 9.64 Å². The van der Waals surface area contributed by atoms with Crippen LogP contribution in [-0.2, 0) is 17.6 Å². The highest BCUT2D eigenvalue weighted by molar-refractivity contribution is 6.37. The van der Waals surface area contributed by atoms with Crippen molar-refractivity contribution in [3.05, 3.63) is 89.5 Å². The van der Waals surface area contributed by atoms with Crippen LogP contribution in [0.25, 0.3) is 0 Å². The smallest absolute Gasteiger partial charge is 0.248 e. The van der Waals surface area contributed by atoms with Crippen molar-refractivity contribution in [2.75, 3.05) is 11.5 Å². The molecule has 30 heavy (non-hydrogen) atoms. The molecular weight excluding hydrogens is 403 g/mol. The zero-order chi connectivity index (χ0) is 21.1. The van der Waals surface area contributed by atoms with Crippen molar-refractivity contribution < 1.29 is 13.9 Å². The molecule has 1 aromatic heterocycles. The first-order chi connectivity index (χ1) is 14.6. The Morgan fingerprint density at radius 2 is 1.87 bits per heavy atom. The predicted molar refractivity (Wildman–Crippen MR) is 116 cm³/mol. The number of pyridine rings is 1. The van der Waals surface area contributed by atoms with Crippen LogP contribution in [0.15, 0.2) is 66.9 Å². The number of para-hydroxylation sites is 1. The molecular formula is C24H22ClFN2O2. The molecule has 0 aliphatic carbocycles. The Labute approximate surface area is 180 Å². The fourth-order valence-corrected chi connectivity index (χ4v) is 3.90. The minimum Gasteiger partial charge on any atom is -0.493 e. The molecule has 3 aromatic rings. The van der Waals surface area contributed by atoms with Gasteiger partial charge in [-0.3, -0.25) is 14.7 Å². The maximum atomic E-state index is 14.2. The van der Waals surface area contributed by atoms with Gasteiger partial charge >= 0.3 is 0 Å². The number of hydrogen-bond acceptors (Lipinski definition) is 3. The summed E-state index contributed by atoms with van der Waals surface area (Å²) in [4.78, 5) is 18.1. The van der Waals surface area contributed by atoms with Gasteiger partial charge in [-0.05, 0) is 47.9 Å². The third-order valence-electron chi connectivity index (χ3n) is 5.28. The number of halogens is 2. The van der Waals surface area contributed by atoms with Crippen molar-refractivity contribution in [3.63, 3.8) is 0 Å². The molecule has 0 saturated carbocycles. The number of alkyl halides is 1. The molecule has 1 amide bonds. The molecule has 2 atom stereocenters. The predicted octanol–water partition coefficient (Wildman–Crippen LogP) is 5.10. The van der Waals surface area contributed by atoms with Crippen LogP contribution in [0.1, 0.15) is 29.8 Å². The summed E-state index contributed by atoms with van der Waals surface area (Å²) in [6.45, 7) is 2.62. The molecule has 0 radical (unpaired) electrons. The molecule has 2 unspecified atom stereocenters. The first-order valence-corrected chi connectivity index (χ1v) is 10.4. The van der Waals surface area contributed by atoms with Crippen molar-refractivity contribution in [1.82, 2.24) is 4.98 Å². The highest BCUT2D eigenvalue weighted by Crippen LogP contribution is 2.43. The summed E-state index contributed by atoms with van der Waals surface area (Å²) in [7, 11) is 0. The lowest BCUT2D eigenvalue weighted by atomic mass is 9.92. The van der Waals surface area contributed by atoms with Crippen LogP contribution in [0, 0.1) is 5.82 Å². The van der Waals surface area contributed by atoms with Gasteiger partial charge in [-0.2, -0.15) is 0 Å². The van der Waals surface area contributed by atoms with Crippen molar-refractivity contribution in [2.45, 2.75) is 31.2 Å². The van der Waals surface area contributed by atoms with Gasteiger partial charge in [0, 0.05) is 18.3 Å². The number of benzene rings is 2. The fraction of sp³-hybridized carbons (Fsp3) is 0.250. The number of hydrogen-bond donors (Lipinski definition) is 0. The standard InChI is InChI=1S/C24H22ClFN2O2/c1-2-16-7-10-18(27-15-16)13-14-30-19-11-8-17(9-12-19)23-22(25)24(29)28(23)21-6-4-3-5-20(21)26/h3-12,15,22-23H,2,13-14H2,1H3. The first-order valence-electron chi connectivity index (χ1n) is 9.96. The highest BCUT2D eigenvalue weighted by atomic mass is 35.5. The van der Waals surface area contributed by atoms with Gasteiger partial charge in [-0.15, -0.1) is 11.6 Å². The van der Waals surface area contributed by atoms with E-state index in [1.165, 1.54) is 16.5 Å². The topological polar surface area (TPSA) is 42.4 Å². The van der Waals surface area contributed by atoms with E-state index in [-0.39, 0.29) is 11.6 Å². The molecule has 1 saturated heterocycles. The van der Waals surface area contributed by atoms with Gasteiger partial charge in [-0.25, -0.2) is 4.39 Å². The Hall–Kier alpha value is -2.92. The molecule has 4 rings (SSSR count). The summed E-state index contributed by atoms with van der Waals surface area (Å²) >= 11 is 6.26. The van der Waals surface area contributed by atoms with Gasteiger partial charge in [0.1, 0.15) is 16.9 Å². The summed E-state index contributed by atoms with van der Waals surface area (Å²) in [5.74, 6) is -0.0215. The van der Waals surface area contributed by atoms with E-state index < -0.39 is 17.2 Å². The molecule has 1 aliphatic heterocycles. The average molecular weight is 425 g/mol. The van der Waals surface area contributed by atoms with E-state index >= 15 is 0 Å². The van der Waals surface area contributed by atoms with Crippen molar-refractivity contribution in [3.8, 4) is 5.75 Å². The molecule has 0 N–H and O–H groups in total. The van der Waals surface area contributed by atoms with Crippen LogP contribution in [0.3, 0.4) is 0 Å². The molecule has 2 heterocycles. The number of rotatable bonds is 7. The Morgan fingerprint density at radius 3 is 2.53 bits per heavy atom. The van der Waals surface area contributed by atoms with Gasteiger partial charge in [0.25, 0.3) is 0 Å². The summed E-state index contributed by atoms with van der Waals surface area (Å²) < 4.78 is 20.0. The van der Waals surface area contributed by atoms with Gasteiger partial charge in [0.2, 0.25) is 5.91 Å². The molecule has 1 fully saturated rings. The molecule has 0 spiro atoms. The minimum absolute atomic E-state index is 0.242. The second kappa shape index (κ2) is 8.84. The molecule has 2 aromatic carbocycles. The number of aromatic nitrogens is 1. The third kappa shape index (κ3) is 4.03. The van der Waals surface area contributed by atoms with Crippen LogP contribution in [0.2, 0.25) is 0 Å². The zero-order valence-corrected chi connectivity index (χ0v) is 17.3. The van der Waals surface area contributed by atoms with Crippen LogP contribution in [-0.4, -0.2) is 22.9 Å². The normalized spacial score (nSPS) is 18.2. The minimum atomic E-state index is -0.714. The second-order valence-corrected chi connectivity index (χ2v) is 7.66. The number of ether oxygens (including phenoxy) is 1. The number of aryl methyl sites for hydroxylation is 1. The van der Waals surface area contributed by atoms with Crippen LogP contribution in [0.5, 0.6) is 5.75 Å². The maximum Gasteiger partial charge on any atom is 0.248 e. The van der Waals surface area contributed by atoms with E-state index in [4.69, 9.17) is 16.3 Å². The summed E-state index contributed by atoms with van der Waals surface area (Å²) in [6.07, 6.45) is 3.59. The SMILES string of the molecule is CCc1ccc(CCOc2ccc(C3C(Cl)C(=O)N3c3ccccc3F)cc2)nc1.